The highest BCUT2D eigenvalue weighted by Gasteiger charge is 2.16. The van der Waals surface area contributed by atoms with E-state index < -0.39 is 0 Å². The van der Waals surface area contributed by atoms with E-state index in [1.807, 2.05) is 39.8 Å². The fraction of sp³-hybridized carbons (Fsp3) is 0.263. The summed E-state index contributed by atoms with van der Waals surface area (Å²) < 4.78 is 6.87. The molecule has 0 aliphatic heterocycles. The summed E-state index contributed by atoms with van der Waals surface area (Å²) in [6.45, 7) is 8.22. The van der Waals surface area contributed by atoms with Gasteiger partial charge in [0.2, 0.25) is 5.88 Å². The van der Waals surface area contributed by atoms with E-state index in [1.54, 1.807) is 16.8 Å². The van der Waals surface area contributed by atoms with E-state index in [4.69, 9.17) is 4.74 Å². The Balaban J connectivity index is 1.82. The molecule has 1 aromatic carbocycles. The second-order valence-corrected chi connectivity index (χ2v) is 6.05. The molecular formula is C19H21N5O2. The highest BCUT2D eigenvalue weighted by molar-refractivity contribution is 6.05. The average Bonchev–Trinajstić information content (AvgIpc) is 2.96. The lowest BCUT2D eigenvalue weighted by molar-refractivity contribution is 0.102. The number of hydrogen-bond donors (Lipinski definition) is 1. The molecule has 0 radical (unpaired) electrons. The van der Waals surface area contributed by atoms with Gasteiger partial charge in [0.05, 0.1) is 24.1 Å². The SMILES string of the molecule is CCOc1ccc(-n2ncc(C(=O)Nc3cc(C)cc(C)c3)c2C)nn1. The Morgan fingerprint density at radius 1 is 1.12 bits per heavy atom. The lowest BCUT2D eigenvalue weighted by atomic mass is 10.1. The number of carbonyl (C=O) groups is 1. The zero-order chi connectivity index (χ0) is 18.7. The molecule has 0 unspecified atom stereocenters. The Labute approximate surface area is 152 Å². The van der Waals surface area contributed by atoms with Crippen LogP contribution in [0.15, 0.2) is 36.5 Å². The molecule has 1 N–H and O–H groups in total. The number of carbonyl (C=O) groups excluding carboxylic acids is 1. The van der Waals surface area contributed by atoms with E-state index in [2.05, 4.69) is 26.7 Å². The molecule has 7 heteroatoms. The van der Waals surface area contributed by atoms with Crippen molar-refractivity contribution >= 4 is 11.6 Å². The molecule has 2 aromatic heterocycles. The number of amides is 1. The molecule has 0 aliphatic rings. The van der Waals surface area contributed by atoms with Crippen molar-refractivity contribution in [3.63, 3.8) is 0 Å². The van der Waals surface area contributed by atoms with Crippen molar-refractivity contribution in [3.05, 3.63) is 58.9 Å². The van der Waals surface area contributed by atoms with Gasteiger partial charge in [-0.2, -0.15) is 5.10 Å². The van der Waals surface area contributed by atoms with Gasteiger partial charge in [-0.1, -0.05) is 6.07 Å². The molecule has 3 aromatic rings. The van der Waals surface area contributed by atoms with Gasteiger partial charge >= 0.3 is 0 Å². The van der Waals surface area contributed by atoms with Crippen LogP contribution < -0.4 is 10.1 Å². The van der Waals surface area contributed by atoms with Crippen molar-refractivity contribution in [2.24, 2.45) is 0 Å². The zero-order valence-electron chi connectivity index (χ0n) is 15.3. The van der Waals surface area contributed by atoms with Crippen LogP contribution in [0.25, 0.3) is 5.82 Å². The number of ether oxygens (including phenoxy) is 1. The molecule has 0 saturated carbocycles. The van der Waals surface area contributed by atoms with Gasteiger partial charge in [-0.05, 0) is 57.0 Å². The zero-order valence-corrected chi connectivity index (χ0v) is 15.3. The van der Waals surface area contributed by atoms with E-state index in [-0.39, 0.29) is 5.91 Å². The van der Waals surface area contributed by atoms with Crippen LogP contribution in [-0.2, 0) is 0 Å². The second kappa shape index (κ2) is 7.35. The van der Waals surface area contributed by atoms with Gasteiger partial charge < -0.3 is 10.1 Å². The Kier molecular flexibility index (Phi) is 4.97. The fourth-order valence-electron chi connectivity index (χ4n) is 2.76. The monoisotopic (exact) mass is 351 g/mol. The third kappa shape index (κ3) is 3.72. The Morgan fingerprint density at radius 3 is 2.46 bits per heavy atom. The van der Waals surface area contributed by atoms with Gasteiger partial charge in [0.25, 0.3) is 5.91 Å². The molecule has 0 atom stereocenters. The number of anilines is 1. The first-order chi connectivity index (χ1) is 12.5. The smallest absolute Gasteiger partial charge is 0.259 e. The highest BCUT2D eigenvalue weighted by Crippen LogP contribution is 2.18. The van der Waals surface area contributed by atoms with Gasteiger partial charge in [-0.25, -0.2) is 4.68 Å². The van der Waals surface area contributed by atoms with Crippen LogP contribution in [0.4, 0.5) is 5.69 Å². The maximum atomic E-state index is 12.6. The summed E-state index contributed by atoms with van der Waals surface area (Å²) in [6.07, 6.45) is 1.53. The Morgan fingerprint density at radius 2 is 1.85 bits per heavy atom. The summed E-state index contributed by atoms with van der Waals surface area (Å²) >= 11 is 0. The van der Waals surface area contributed by atoms with Gasteiger partial charge in [-0.15, -0.1) is 10.2 Å². The fourth-order valence-corrected chi connectivity index (χ4v) is 2.76. The first-order valence-electron chi connectivity index (χ1n) is 8.39. The van der Waals surface area contributed by atoms with Gasteiger partial charge in [0.15, 0.2) is 5.82 Å². The van der Waals surface area contributed by atoms with Crippen molar-refractivity contribution in [1.29, 1.82) is 0 Å². The first kappa shape index (κ1) is 17.6. The van der Waals surface area contributed by atoms with E-state index in [0.717, 1.165) is 16.8 Å². The van der Waals surface area contributed by atoms with Gasteiger partial charge in [0, 0.05) is 11.8 Å². The third-order valence-corrected chi connectivity index (χ3v) is 3.87. The van der Waals surface area contributed by atoms with Crippen LogP contribution in [0.5, 0.6) is 5.88 Å². The first-order valence-corrected chi connectivity index (χ1v) is 8.39. The molecular weight excluding hydrogens is 330 g/mol. The van der Waals surface area contributed by atoms with Gasteiger partial charge in [0.1, 0.15) is 0 Å². The molecule has 0 saturated heterocycles. The molecule has 26 heavy (non-hydrogen) atoms. The van der Waals surface area contributed by atoms with Gasteiger partial charge in [-0.3, -0.25) is 4.79 Å². The quantitative estimate of drug-likeness (QED) is 0.763. The van der Waals surface area contributed by atoms with E-state index in [1.165, 1.54) is 6.20 Å². The topological polar surface area (TPSA) is 81.9 Å². The van der Waals surface area contributed by atoms with Crippen molar-refractivity contribution in [2.75, 3.05) is 11.9 Å². The standard InChI is InChI=1S/C19H21N5O2/c1-5-26-18-7-6-17(22-23-18)24-14(4)16(11-20-24)19(25)21-15-9-12(2)8-13(3)10-15/h6-11H,5H2,1-4H3,(H,21,25). The van der Waals surface area contributed by atoms with Crippen LogP contribution in [0, 0.1) is 20.8 Å². The number of aromatic nitrogens is 4. The maximum Gasteiger partial charge on any atom is 0.259 e. The molecule has 0 aliphatic carbocycles. The predicted octanol–water partition coefficient (Wildman–Crippen LogP) is 3.24. The number of rotatable bonds is 5. The van der Waals surface area contributed by atoms with Crippen LogP contribution >= 0.6 is 0 Å². The lowest BCUT2D eigenvalue weighted by Gasteiger charge is -2.08. The summed E-state index contributed by atoms with van der Waals surface area (Å²) in [4.78, 5) is 12.6. The van der Waals surface area contributed by atoms with E-state index in [9.17, 15) is 4.79 Å². The second-order valence-electron chi connectivity index (χ2n) is 6.05. The summed E-state index contributed by atoms with van der Waals surface area (Å²) in [7, 11) is 0. The highest BCUT2D eigenvalue weighted by atomic mass is 16.5. The number of benzene rings is 1. The summed E-state index contributed by atoms with van der Waals surface area (Å²) in [5.41, 5.74) is 4.13. The number of aryl methyl sites for hydroxylation is 2. The molecule has 0 spiro atoms. The Bertz CT molecular complexity index is 911. The molecule has 3 rings (SSSR count). The van der Waals surface area contributed by atoms with Crippen molar-refractivity contribution < 1.29 is 9.53 Å². The predicted molar refractivity (Wildman–Crippen MR) is 98.9 cm³/mol. The van der Waals surface area contributed by atoms with E-state index >= 15 is 0 Å². The Hall–Kier alpha value is -3.22. The van der Waals surface area contributed by atoms with Crippen LogP contribution in [0.2, 0.25) is 0 Å². The largest absolute Gasteiger partial charge is 0.477 e. The average molecular weight is 351 g/mol. The summed E-state index contributed by atoms with van der Waals surface area (Å²) in [6, 6.07) is 9.40. The lowest BCUT2D eigenvalue weighted by Crippen LogP contribution is -2.13. The number of nitrogens with zero attached hydrogens (tertiary/aromatic N) is 4. The van der Waals surface area contributed by atoms with Crippen molar-refractivity contribution in [2.45, 2.75) is 27.7 Å². The normalized spacial score (nSPS) is 10.6. The summed E-state index contributed by atoms with van der Waals surface area (Å²) in [5, 5.41) is 15.3. The molecule has 0 fully saturated rings. The minimum Gasteiger partial charge on any atom is -0.477 e. The molecule has 2 heterocycles. The molecule has 134 valence electrons. The van der Waals surface area contributed by atoms with E-state index in [0.29, 0.717) is 29.6 Å². The van der Waals surface area contributed by atoms with Crippen molar-refractivity contribution in [3.8, 4) is 11.7 Å². The van der Waals surface area contributed by atoms with Crippen LogP contribution in [-0.4, -0.2) is 32.5 Å². The number of hydrogen-bond acceptors (Lipinski definition) is 5. The van der Waals surface area contributed by atoms with Crippen LogP contribution in [0.1, 0.15) is 34.1 Å². The maximum absolute atomic E-state index is 12.6. The van der Waals surface area contributed by atoms with Crippen molar-refractivity contribution in [1.82, 2.24) is 20.0 Å². The number of nitrogens with one attached hydrogen (secondary N) is 1. The summed E-state index contributed by atoms with van der Waals surface area (Å²) in [5.74, 6) is 0.767. The molecule has 1 amide bonds. The van der Waals surface area contributed by atoms with Crippen LogP contribution in [0.3, 0.4) is 0 Å². The molecule has 7 nitrogen and oxygen atoms in total. The molecule has 0 bridgehead atoms. The minimum absolute atomic E-state index is 0.211. The third-order valence-electron chi connectivity index (χ3n) is 3.87. The minimum atomic E-state index is -0.211.